The molecule has 0 fully saturated rings. The first-order valence-electron chi connectivity index (χ1n) is 5.46. The molecule has 16 heavy (non-hydrogen) atoms. The number of nitrogens with one attached hydrogen (secondary N) is 1. The average molecular weight is 234 g/mol. The second-order valence-electron chi connectivity index (χ2n) is 5.15. The van der Waals surface area contributed by atoms with E-state index >= 15 is 0 Å². The molecule has 0 aliphatic heterocycles. The van der Waals surface area contributed by atoms with Gasteiger partial charge in [0.25, 0.3) is 0 Å². The van der Waals surface area contributed by atoms with E-state index in [0.717, 1.165) is 0 Å². The molecular formula is C13H18N2S. The Bertz CT molecular complexity index is 482. The van der Waals surface area contributed by atoms with Crippen molar-refractivity contribution in [3.8, 4) is 0 Å². The summed E-state index contributed by atoms with van der Waals surface area (Å²) in [5.74, 6) is 5.70. The number of nitrogens with two attached hydrogens (primary N) is 1. The molecule has 1 heterocycles. The third kappa shape index (κ3) is 1.98. The average Bonchev–Trinajstić information content (AvgIpc) is 2.61. The molecule has 1 aromatic heterocycles. The third-order valence-electron chi connectivity index (χ3n) is 2.85. The van der Waals surface area contributed by atoms with Crippen LogP contribution in [-0.4, -0.2) is 0 Å². The van der Waals surface area contributed by atoms with Gasteiger partial charge in [-0.25, -0.2) is 0 Å². The largest absolute Gasteiger partial charge is 0.271 e. The van der Waals surface area contributed by atoms with E-state index in [4.69, 9.17) is 5.84 Å². The fourth-order valence-corrected chi connectivity index (χ4v) is 3.02. The lowest BCUT2D eigenvalue weighted by molar-refractivity contribution is 0.277. The van der Waals surface area contributed by atoms with Crippen molar-refractivity contribution >= 4 is 21.4 Å². The lowest BCUT2D eigenvalue weighted by Crippen LogP contribution is -2.36. The molecule has 0 aliphatic carbocycles. The van der Waals surface area contributed by atoms with Crippen molar-refractivity contribution in [3.63, 3.8) is 0 Å². The molecule has 0 bridgehead atoms. The van der Waals surface area contributed by atoms with Crippen LogP contribution in [0.25, 0.3) is 10.1 Å². The monoisotopic (exact) mass is 234 g/mol. The summed E-state index contributed by atoms with van der Waals surface area (Å²) in [6, 6.07) is 8.65. The van der Waals surface area contributed by atoms with E-state index in [1.807, 2.05) is 0 Å². The summed E-state index contributed by atoms with van der Waals surface area (Å²) in [7, 11) is 0. The van der Waals surface area contributed by atoms with Gasteiger partial charge in [0.1, 0.15) is 0 Å². The Morgan fingerprint density at radius 1 is 1.25 bits per heavy atom. The van der Waals surface area contributed by atoms with Crippen molar-refractivity contribution in [1.29, 1.82) is 0 Å². The second kappa shape index (κ2) is 4.17. The van der Waals surface area contributed by atoms with Crippen LogP contribution in [0.3, 0.4) is 0 Å². The molecule has 1 atom stereocenters. The Hall–Kier alpha value is -0.900. The maximum Gasteiger partial charge on any atom is 0.0522 e. The summed E-state index contributed by atoms with van der Waals surface area (Å²) in [5.41, 5.74) is 4.35. The van der Waals surface area contributed by atoms with Crippen molar-refractivity contribution < 1.29 is 0 Å². The number of fused-ring (bicyclic) bond motifs is 1. The van der Waals surface area contributed by atoms with E-state index in [-0.39, 0.29) is 11.5 Å². The van der Waals surface area contributed by atoms with Crippen molar-refractivity contribution in [2.75, 3.05) is 0 Å². The Morgan fingerprint density at radius 3 is 2.56 bits per heavy atom. The van der Waals surface area contributed by atoms with E-state index in [1.165, 1.54) is 15.6 Å². The molecule has 3 N–H and O–H groups in total. The quantitative estimate of drug-likeness (QED) is 0.617. The molecule has 1 unspecified atom stereocenters. The van der Waals surface area contributed by atoms with Gasteiger partial charge < -0.3 is 0 Å². The van der Waals surface area contributed by atoms with Crippen LogP contribution in [0.5, 0.6) is 0 Å². The SMILES string of the molecule is CC(C)(C)C(NN)c1csc2ccccc12. The Kier molecular flexibility index (Phi) is 3.02. The summed E-state index contributed by atoms with van der Waals surface area (Å²) in [5, 5.41) is 3.52. The molecule has 2 aromatic rings. The number of hydrogen-bond donors (Lipinski definition) is 2. The van der Waals surface area contributed by atoms with E-state index in [1.54, 1.807) is 11.3 Å². The van der Waals surface area contributed by atoms with Gasteiger partial charge in [0.05, 0.1) is 6.04 Å². The highest BCUT2D eigenvalue weighted by Gasteiger charge is 2.27. The maximum atomic E-state index is 5.70. The second-order valence-corrected chi connectivity index (χ2v) is 6.06. The first-order valence-corrected chi connectivity index (χ1v) is 6.34. The van der Waals surface area contributed by atoms with E-state index in [0.29, 0.717) is 0 Å². The fraction of sp³-hybridized carbons (Fsp3) is 0.385. The molecule has 1 aromatic carbocycles. The molecule has 2 rings (SSSR count). The van der Waals surface area contributed by atoms with Gasteiger partial charge in [0, 0.05) is 4.70 Å². The van der Waals surface area contributed by atoms with E-state index in [9.17, 15) is 0 Å². The molecular weight excluding hydrogens is 216 g/mol. The highest BCUT2D eigenvalue weighted by Crippen LogP contribution is 2.38. The van der Waals surface area contributed by atoms with E-state index in [2.05, 4.69) is 55.8 Å². The van der Waals surface area contributed by atoms with Gasteiger partial charge >= 0.3 is 0 Å². The topological polar surface area (TPSA) is 38.0 Å². The van der Waals surface area contributed by atoms with Crippen molar-refractivity contribution in [2.24, 2.45) is 11.3 Å². The normalized spacial score (nSPS) is 14.2. The van der Waals surface area contributed by atoms with Gasteiger partial charge in [-0.2, -0.15) is 0 Å². The van der Waals surface area contributed by atoms with Crippen LogP contribution in [0, 0.1) is 5.41 Å². The summed E-state index contributed by atoms with van der Waals surface area (Å²) in [6.45, 7) is 6.60. The summed E-state index contributed by atoms with van der Waals surface area (Å²) >= 11 is 1.78. The molecule has 0 saturated carbocycles. The minimum atomic E-state index is 0.110. The fourth-order valence-electron chi connectivity index (χ4n) is 2.03. The Labute approximate surface area is 100 Å². The molecule has 86 valence electrons. The minimum absolute atomic E-state index is 0.110. The predicted octanol–water partition coefficient (Wildman–Crippen LogP) is 3.45. The molecule has 0 radical (unpaired) electrons. The number of hydrazine groups is 1. The van der Waals surface area contributed by atoms with Crippen LogP contribution in [-0.2, 0) is 0 Å². The van der Waals surface area contributed by atoms with Gasteiger partial charge in [0.2, 0.25) is 0 Å². The molecule has 0 aliphatic rings. The highest BCUT2D eigenvalue weighted by molar-refractivity contribution is 7.17. The first kappa shape index (κ1) is 11.6. The summed E-state index contributed by atoms with van der Waals surface area (Å²) < 4.78 is 1.32. The Balaban J connectivity index is 2.54. The zero-order chi connectivity index (χ0) is 11.8. The van der Waals surface area contributed by atoms with Crippen LogP contribution in [0.15, 0.2) is 29.6 Å². The number of rotatable bonds is 2. The van der Waals surface area contributed by atoms with Gasteiger partial charge in [-0.15, -0.1) is 11.3 Å². The summed E-state index contributed by atoms with van der Waals surface area (Å²) in [4.78, 5) is 0. The van der Waals surface area contributed by atoms with Crippen molar-refractivity contribution in [1.82, 2.24) is 5.43 Å². The zero-order valence-corrected chi connectivity index (χ0v) is 10.8. The van der Waals surface area contributed by atoms with Crippen LogP contribution in [0.1, 0.15) is 32.4 Å². The highest BCUT2D eigenvalue weighted by atomic mass is 32.1. The van der Waals surface area contributed by atoms with Crippen molar-refractivity contribution in [2.45, 2.75) is 26.8 Å². The van der Waals surface area contributed by atoms with Crippen LogP contribution < -0.4 is 11.3 Å². The van der Waals surface area contributed by atoms with Crippen LogP contribution in [0.4, 0.5) is 0 Å². The lowest BCUT2D eigenvalue weighted by Gasteiger charge is -2.30. The van der Waals surface area contributed by atoms with Gasteiger partial charge in [-0.3, -0.25) is 11.3 Å². The number of benzene rings is 1. The molecule has 2 nitrogen and oxygen atoms in total. The van der Waals surface area contributed by atoms with Crippen LogP contribution >= 0.6 is 11.3 Å². The Morgan fingerprint density at radius 2 is 1.94 bits per heavy atom. The maximum absolute atomic E-state index is 5.70. The molecule has 0 amide bonds. The number of thiophene rings is 1. The lowest BCUT2D eigenvalue weighted by atomic mass is 9.83. The first-order chi connectivity index (χ1) is 7.54. The van der Waals surface area contributed by atoms with Crippen molar-refractivity contribution in [3.05, 3.63) is 35.2 Å². The van der Waals surface area contributed by atoms with Gasteiger partial charge in [-0.1, -0.05) is 39.0 Å². The minimum Gasteiger partial charge on any atom is -0.271 e. The van der Waals surface area contributed by atoms with E-state index < -0.39 is 0 Å². The van der Waals surface area contributed by atoms with Gasteiger partial charge in [-0.05, 0) is 27.8 Å². The van der Waals surface area contributed by atoms with Crippen LogP contribution in [0.2, 0.25) is 0 Å². The zero-order valence-electron chi connectivity index (χ0n) is 9.95. The smallest absolute Gasteiger partial charge is 0.0522 e. The molecule has 0 spiro atoms. The summed E-state index contributed by atoms with van der Waals surface area (Å²) in [6.07, 6.45) is 0. The predicted molar refractivity (Wildman–Crippen MR) is 71.3 cm³/mol. The molecule has 0 saturated heterocycles. The standard InChI is InChI=1S/C13H18N2S/c1-13(2,3)12(15-14)10-8-16-11-7-5-4-6-9(10)11/h4-8,12,15H,14H2,1-3H3. The number of hydrogen-bond acceptors (Lipinski definition) is 3. The third-order valence-corrected chi connectivity index (χ3v) is 3.84. The van der Waals surface area contributed by atoms with Gasteiger partial charge in [0.15, 0.2) is 0 Å². The molecule has 3 heteroatoms.